The molecule has 0 radical (unpaired) electrons. The number of fused-ring (bicyclic) bond motifs is 1. The van der Waals surface area contributed by atoms with Crippen molar-refractivity contribution in [2.75, 3.05) is 6.54 Å². The molecule has 2 aromatic carbocycles. The predicted molar refractivity (Wildman–Crippen MR) is 120 cm³/mol. The Balaban J connectivity index is 0.00000261. The molecule has 0 aliphatic rings. The number of rotatable bonds is 5. The minimum absolute atomic E-state index is 0. The highest BCUT2D eigenvalue weighted by molar-refractivity contribution is 14.0. The van der Waals surface area contributed by atoms with Crippen LogP contribution in [0.1, 0.15) is 23.6 Å². The van der Waals surface area contributed by atoms with Crippen molar-refractivity contribution >= 4 is 40.8 Å². The van der Waals surface area contributed by atoms with E-state index in [2.05, 4.69) is 38.8 Å². The molecule has 1 heterocycles. The fourth-order valence-corrected chi connectivity index (χ4v) is 2.74. The molecule has 0 saturated heterocycles. The summed E-state index contributed by atoms with van der Waals surface area (Å²) in [4.78, 5) is 9.03. The molecule has 0 atom stereocenters. The molecule has 3 aromatic rings. The molecule has 0 fully saturated rings. The molecule has 6 heteroatoms. The minimum atomic E-state index is -0.197. The summed E-state index contributed by atoms with van der Waals surface area (Å²) in [6.45, 7) is 5.55. The average molecular weight is 478 g/mol. The zero-order valence-electron chi connectivity index (χ0n) is 15.5. The largest absolute Gasteiger partial charge is 0.357 e. The van der Waals surface area contributed by atoms with Crippen LogP contribution < -0.4 is 10.6 Å². The molecule has 27 heavy (non-hydrogen) atoms. The second-order valence-electron chi connectivity index (χ2n) is 6.12. The maximum atomic E-state index is 13.7. The first-order valence-corrected chi connectivity index (χ1v) is 8.77. The van der Waals surface area contributed by atoms with Crippen LogP contribution in [0.4, 0.5) is 4.39 Å². The number of aryl methyl sites for hydroxylation is 1. The molecule has 0 aliphatic carbocycles. The second-order valence-corrected chi connectivity index (χ2v) is 6.12. The van der Waals surface area contributed by atoms with Crippen molar-refractivity contribution in [1.29, 1.82) is 0 Å². The lowest BCUT2D eigenvalue weighted by molar-refractivity contribution is 0.616. The maximum Gasteiger partial charge on any atom is 0.191 e. The molecule has 0 spiro atoms. The molecule has 4 nitrogen and oxygen atoms in total. The number of pyridine rings is 1. The number of halogens is 2. The van der Waals surface area contributed by atoms with Gasteiger partial charge in [0.05, 0.1) is 12.1 Å². The van der Waals surface area contributed by atoms with Gasteiger partial charge in [-0.1, -0.05) is 36.4 Å². The van der Waals surface area contributed by atoms with Crippen molar-refractivity contribution in [2.24, 2.45) is 4.99 Å². The normalized spacial score (nSPS) is 11.1. The molecule has 0 bridgehead atoms. The van der Waals surface area contributed by atoms with Crippen molar-refractivity contribution in [3.63, 3.8) is 0 Å². The van der Waals surface area contributed by atoms with Crippen LogP contribution in [0, 0.1) is 12.7 Å². The molecular formula is C21H24FIN4. The SMILES string of the molecule is CCNC(=NCc1ccc(C)c(F)c1)NCc1cccc2cccnc12.I. The predicted octanol–water partition coefficient (Wildman–Crippen LogP) is 4.56. The van der Waals surface area contributed by atoms with Crippen molar-refractivity contribution in [1.82, 2.24) is 15.6 Å². The van der Waals surface area contributed by atoms with Crippen molar-refractivity contribution in [3.05, 3.63) is 77.2 Å². The molecule has 0 unspecified atom stereocenters. The third-order valence-corrected chi connectivity index (χ3v) is 4.16. The van der Waals surface area contributed by atoms with Crippen LogP contribution in [-0.4, -0.2) is 17.5 Å². The molecule has 142 valence electrons. The Morgan fingerprint density at radius 3 is 2.70 bits per heavy atom. The maximum absolute atomic E-state index is 13.7. The van der Waals surface area contributed by atoms with E-state index in [0.717, 1.165) is 28.6 Å². The second kappa shape index (κ2) is 10.2. The monoisotopic (exact) mass is 478 g/mol. The third kappa shape index (κ3) is 5.63. The number of nitrogens with zero attached hydrogens (tertiary/aromatic N) is 2. The molecule has 0 saturated carbocycles. The highest BCUT2D eigenvalue weighted by Gasteiger charge is 2.04. The van der Waals surface area contributed by atoms with E-state index in [0.29, 0.717) is 24.6 Å². The van der Waals surface area contributed by atoms with Gasteiger partial charge >= 0.3 is 0 Å². The van der Waals surface area contributed by atoms with Crippen LogP contribution in [0.3, 0.4) is 0 Å². The summed E-state index contributed by atoms with van der Waals surface area (Å²) in [6.07, 6.45) is 1.80. The molecule has 2 N–H and O–H groups in total. The van der Waals surface area contributed by atoms with E-state index in [9.17, 15) is 4.39 Å². The van der Waals surface area contributed by atoms with Gasteiger partial charge in [0.25, 0.3) is 0 Å². The Morgan fingerprint density at radius 2 is 1.93 bits per heavy atom. The van der Waals surface area contributed by atoms with E-state index in [-0.39, 0.29) is 29.8 Å². The highest BCUT2D eigenvalue weighted by Crippen LogP contribution is 2.15. The van der Waals surface area contributed by atoms with Crippen LogP contribution >= 0.6 is 24.0 Å². The fraction of sp³-hybridized carbons (Fsp3) is 0.238. The summed E-state index contributed by atoms with van der Waals surface area (Å²) in [6, 6.07) is 15.3. The highest BCUT2D eigenvalue weighted by atomic mass is 127. The lowest BCUT2D eigenvalue weighted by Crippen LogP contribution is -2.36. The van der Waals surface area contributed by atoms with Crippen LogP contribution in [0.2, 0.25) is 0 Å². The number of guanidine groups is 1. The van der Waals surface area contributed by atoms with E-state index in [1.54, 1.807) is 19.2 Å². The lowest BCUT2D eigenvalue weighted by Gasteiger charge is -2.12. The zero-order valence-corrected chi connectivity index (χ0v) is 17.8. The Kier molecular flexibility index (Phi) is 7.97. The summed E-state index contributed by atoms with van der Waals surface area (Å²) in [5.41, 5.74) is 3.58. The van der Waals surface area contributed by atoms with E-state index in [4.69, 9.17) is 0 Å². The number of benzene rings is 2. The van der Waals surface area contributed by atoms with Crippen LogP contribution in [0.5, 0.6) is 0 Å². The summed E-state index contributed by atoms with van der Waals surface area (Å²) in [5, 5.41) is 7.67. The van der Waals surface area contributed by atoms with Gasteiger partial charge in [-0.3, -0.25) is 4.98 Å². The zero-order chi connectivity index (χ0) is 18.4. The van der Waals surface area contributed by atoms with Gasteiger partial charge in [-0.05, 0) is 42.7 Å². The van der Waals surface area contributed by atoms with Gasteiger partial charge < -0.3 is 10.6 Å². The van der Waals surface area contributed by atoms with E-state index >= 15 is 0 Å². The van der Waals surface area contributed by atoms with E-state index in [1.807, 2.05) is 25.1 Å². The van der Waals surface area contributed by atoms with Crippen LogP contribution in [-0.2, 0) is 13.1 Å². The quantitative estimate of drug-likeness (QED) is 0.321. The molecule has 0 amide bonds. The number of hydrogen-bond acceptors (Lipinski definition) is 2. The standard InChI is InChI=1S/C21H23FN4.HI/c1-3-23-21(25-13-16-10-9-15(2)19(22)12-16)26-14-18-7-4-6-17-8-5-11-24-20(17)18;/h4-12H,3,13-14H2,1-2H3,(H2,23,25,26);1H. The first kappa shape index (κ1) is 21.1. The molecular weight excluding hydrogens is 454 g/mol. The Hall–Kier alpha value is -2.22. The first-order chi connectivity index (χ1) is 12.7. The molecule has 1 aromatic heterocycles. The molecule has 0 aliphatic heterocycles. The number of aromatic nitrogens is 1. The third-order valence-electron chi connectivity index (χ3n) is 4.16. The first-order valence-electron chi connectivity index (χ1n) is 8.77. The number of hydrogen-bond donors (Lipinski definition) is 2. The Morgan fingerprint density at radius 1 is 1.11 bits per heavy atom. The van der Waals surface area contributed by atoms with Crippen molar-refractivity contribution < 1.29 is 4.39 Å². The topological polar surface area (TPSA) is 49.3 Å². The van der Waals surface area contributed by atoms with Crippen LogP contribution in [0.25, 0.3) is 10.9 Å². The summed E-state index contributed by atoms with van der Waals surface area (Å²) < 4.78 is 13.7. The van der Waals surface area contributed by atoms with Gasteiger partial charge in [0.15, 0.2) is 5.96 Å². The van der Waals surface area contributed by atoms with Gasteiger partial charge in [0, 0.05) is 24.7 Å². The van der Waals surface area contributed by atoms with Crippen molar-refractivity contribution in [3.8, 4) is 0 Å². The average Bonchev–Trinajstić information content (AvgIpc) is 2.66. The van der Waals surface area contributed by atoms with Gasteiger partial charge in [-0.15, -0.1) is 24.0 Å². The fourth-order valence-electron chi connectivity index (χ4n) is 2.74. The van der Waals surface area contributed by atoms with Crippen LogP contribution in [0.15, 0.2) is 59.7 Å². The van der Waals surface area contributed by atoms with E-state index in [1.165, 1.54) is 6.07 Å². The minimum Gasteiger partial charge on any atom is -0.357 e. The summed E-state index contributed by atoms with van der Waals surface area (Å²) >= 11 is 0. The van der Waals surface area contributed by atoms with Gasteiger partial charge in [0.2, 0.25) is 0 Å². The van der Waals surface area contributed by atoms with Gasteiger partial charge in [-0.25, -0.2) is 9.38 Å². The van der Waals surface area contributed by atoms with Crippen molar-refractivity contribution in [2.45, 2.75) is 26.9 Å². The van der Waals surface area contributed by atoms with Gasteiger partial charge in [0.1, 0.15) is 5.82 Å². The number of nitrogens with one attached hydrogen (secondary N) is 2. The summed E-state index contributed by atoms with van der Waals surface area (Å²) in [7, 11) is 0. The number of para-hydroxylation sites is 1. The van der Waals surface area contributed by atoms with Gasteiger partial charge in [-0.2, -0.15) is 0 Å². The smallest absolute Gasteiger partial charge is 0.191 e. The summed E-state index contributed by atoms with van der Waals surface area (Å²) in [5.74, 6) is 0.499. The Bertz CT molecular complexity index is 922. The molecule has 3 rings (SSSR count). The number of aliphatic imine (C=N–C) groups is 1. The Labute approximate surface area is 176 Å². The van der Waals surface area contributed by atoms with E-state index < -0.39 is 0 Å². The lowest BCUT2D eigenvalue weighted by atomic mass is 10.1.